The molecule has 1 aliphatic rings. The number of carbonyl (C=O) groups is 1. The van der Waals surface area contributed by atoms with Crippen LogP contribution in [0.15, 0.2) is 23.7 Å². The zero-order valence-electron chi connectivity index (χ0n) is 10.3. The van der Waals surface area contributed by atoms with Crippen LogP contribution in [0.2, 0.25) is 0 Å². The molecule has 0 radical (unpaired) electrons. The van der Waals surface area contributed by atoms with Crippen molar-refractivity contribution >= 4 is 27.5 Å². The fourth-order valence-electron chi connectivity index (χ4n) is 2.08. The Hall–Kier alpha value is -1.50. The second-order valence-electron chi connectivity index (χ2n) is 4.74. The second kappa shape index (κ2) is 4.88. The van der Waals surface area contributed by atoms with E-state index in [-0.39, 0.29) is 19.1 Å². The number of aromatic nitrogens is 1. The van der Waals surface area contributed by atoms with Crippen LogP contribution in [0.5, 0.6) is 0 Å². The van der Waals surface area contributed by atoms with Gasteiger partial charge in [0, 0.05) is 25.1 Å². The number of amides is 1. The summed E-state index contributed by atoms with van der Waals surface area (Å²) in [6, 6.07) is 5.39. The quantitative estimate of drug-likeness (QED) is 0.884. The molecule has 3 rings (SSSR count). The summed E-state index contributed by atoms with van der Waals surface area (Å²) in [7, 11) is 0. The summed E-state index contributed by atoms with van der Waals surface area (Å²) in [6.07, 6.45) is 0.557. The first-order valence-electron chi connectivity index (χ1n) is 6.08. The molecule has 2 N–H and O–H groups in total. The molecular formula is C13H14N2O3S. The molecule has 5 nitrogen and oxygen atoms in total. The van der Waals surface area contributed by atoms with Crippen LogP contribution < -0.4 is 5.32 Å². The van der Waals surface area contributed by atoms with Gasteiger partial charge in [0.2, 0.25) is 0 Å². The topological polar surface area (TPSA) is 71.5 Å². The Labute approximate surface area is 114 Å². The molecule has 1 aromatic heterocycles. The average Bonchev–Trinajstić information content (AvgIpc) is 3.04. The third kappa shape index (κ3) is 2.60. The van der Waals surface area contributed by atoms with Gasteiger partial charge < -0.3 is 15.2 Å². The van der Waals surface area contributed by atoms with E-state index in [0.29, 0.717) is 18.6 Å². The summed E-state index contributed by atoms with van der Waals surface area (Å²) >= 11 is 1.50. The number of fused-ring (bicyclic) bond motifs is 1. The number of nitrogens with zero attached hydrogens (tertiary/aromatic N) is 1. The Morgan fingerprint density at radius 3 is 3.26 bits per heavy atom. The Morgan fingerprint density at radius 2 is 2.47 bits per heavy atom. The average molecular weight is 278 g/mol. The van der Waals surface area contributed by atoms with Crippen LogP contribution in [0.4, 0.5) is 0 Å². The lowest BCUT2D eigenvalue weighted by atomic mass is 10.0. The number of thiazole rings is 1. The molecule has 0 bridgehead atoms. The van der Waals surface area contributed by atoms with Crippen LogP contribution in [0.3, 0.4) is 0 Å². The molecule has 1 fully saturated rings. The standard InChI is InChI=1S/C13H14N2O3S/c16-12(14-6-13(17)3-4-18-7-13)9-1-2-10-11(5-9)19-8-15-10/h1-2,5,8,17H,3-4,6-7H2,(H,14,16)/t13-/m0/s1. The molecule has 0 spiro atoms. The van der Waals surface area contributed by atoms with E-state index in [2.05, 4.69) is 10.3 Å². The van der Waals surface area contributed by atoms with E-state index < -0.39 is 5.60 Å². The summed E-state index contributed by atoms with van der Waals surface area (Å²) in [5, 5.41) is 12.8. The highest BCUT2D eigenvalue weighted by molar-refractivity contribution is 7.16. The molecule has 100 valence electrons. The molecule has 1 atom stereocenters. The van der Waals surface area contributed by atoms with Crippen molar-refractivity contribution in [2.75, 3.05) is 19.8 Å². The highest BCUT2D eigenvalue weighted by Crippen LogP contribution is 2.20. The monoisotopic (exact) mass is 278 g/mol. The summed E-state index contributed by atoms with van der Waals surface area (Å²) < 4.78 is 6.12. The third-order valence-electron chi connectivity index (χ3n) is 3.25. The van der Waals surface area contributed by atoms with Gasteiger partial charge in [-0.15, -0.1) is 11.3 Å². The van der Waals surface area contributed by atoms with Gasteiger partial charge in [-0.3, -0.25) is 4.79 Å². The molecule has 1 aliphatic heterocycles. The van der Waals surface area contributed by atoms with Crippen LogP contribution in [-0.2, 0) is 4.74 Å². The first-order valence-corrected chi connectivity index (χ1v) is 6.96. The summed E-state index contributed by atoms with van der Waals surface area (Å²) in [4.78, 5) is 16.2. The van der Waals surface area contributed by atoms with Gasteiger partial charge in [0.1, 0.15) is 5.60 Å². The molecule has 19 heavy (non-hydrogen) atoms. The molecule has 2 aromatic rings. The normalized spacial score (nSPS) is 22.8. The Balaban J connectivity index is 1.69. The fraction of sp³-hybridized carbons (Fsp3) is 0.385. The van der Waals surface area contributed by atoms with E-state index in [4.69, 9.17) is 4.74 Å². The van der Waals surface area contributed by atoms with Crippen molar-refractivity contribution in [2.45, 2.75) is 12.0 Å². The van der Waals surface area contributed by atoms with Crippen molar-refractivity contribution in [3.8, 4) is 0 Å². The lowest BCUT2D eigenvalue weighted by molar-refractivity contribution is 0.0264. The van der Waals surface area contributed by atoms with E-state index in [1.54, 1.807) is 11.6 Å². The smallest absolute Gasteiger partial charge is 0.251 e. The summed E-state index contributed by atoms with van der Waals surface area (Å²) in [5.74, 6) is -0.185. The minimum absolute atomic E-state index is 0.185. The van der Waals surface area contributed by atoms with Crippen LogP contribution >= 0.6 is 11.3 Å². The Kier molecular flexibility index (Phi) is 3.22. The highest BCUT2D eigenvalue weighted by atomic mass is 32.1. The van der Waals surface area contributed by atoms with E-state index in [1.165, 1.54) is 11.3 Å². The minimum Gasteiger partial charge on any atom is -0.386 e. The van der Waals surface area contributed by atoms with E-state index in [9.17, 15) is 9.90 Å². The lowest BCUT2D eigenvalue weighted by Crippen LogP contribution is -2.43. The van der Waals surface area contributed by atoms with Crippen LogP contribution in [0.25, 0.3) is 10.2 Å². The van der Waals surface area contributed by atoms with Crippen molar-refractivity contribution in [3.05, 3.63) is 29.3 Å². The van der Waals surface area contributed by atoms with Gasteiger partial charge in [0.15, 0.2) is 0 Å². The number of ether oxygens (including phenoxy) is 1. The van der Waals surface area contributed by atoms with Gasteiger partial charge in [-0.25, -0.2) is 4.98 Å². The maximum Gasteiger partial charge on any atom is 0.251 e. The third-order valence-corrected chi connectivity index (χ3v) is 4.05. The number of benzene rings is 1. The van der Waals surface area contributed by atoms with Crippen molar-refractivity contribution in [3.63, 3.8) is 0 Å². The first kappa shape index (κ1) is 12.5. The summed E-state index contributed by atoms with van der Waals surface area (Å²) in [5.41, 5.74) is 2.30. The van der Waals surface area contributed by atoms with Crippen molar-refractivity contribution < 1.29 is 14.6 Å². The van der Waals surface area contributed by atoms with Gasteiger partial charge in [-0.05, 0) is 18.2 Å². The van der Waals surface area contributed by atoms with E-state index in [1.807, 2.05) is 12.1 Å². The summed E-state index contributed by atoms with van der Waals surface area (Å²) in [6.45, 7) is 1.03. The number of nitrogens with one attached hydrogen (secondary N) is 1. The fourth-order valence-corrected chi connectivity index (χ4v) is 2.80. The maximum atomic E-state index is 12.0. The molecule has 0 aliphatic carbocycles. The molecular weight excluding hydrogens is 264 g/mol. The lowest BCUT2D eigenvalue weighted by Gasteiger charge is -2.20. The van der Waals surface area contributed by atoms with Crippen molar-refractivity contribution in [2.24, 2.45) is 0 Å². The molecule has 0 unspecified atom stereocenters. The van der Waals surface area contributed by atoms with Gasteiger partial charge in [0.05, 0.1) is 22.3 Å². The number of carbonyl (C=O) groups excluding carboxylic acids is 1. The zero-order chi connectivity index (χ0) is 13.3. The molecule has 1 saturated heterocycles. The number of hydrogen-bond donors (Lipinski definition) is 2. The second-order valence-corrected chi connectivity index (χ2v) is 5.63. The molecule has 2 heterocycles. The van der Waals surface area contributed by atoms with Gasteiger partial charge in [-0.2, -0.15) is 0 Å². The van der Waals surface area contributed by atoms with Gasteiger partial charge in [0.25, 0.3) is 5.91 Å². The SMILES string of the molecule is O=C(NC[C@@]1(O)CCOC1)c1ccc2ncsc2c1. The maximum absolute atomic E-state index is 12.0. The molecule has 1 amide bonds. The van der Waals surface area contributed by atoms with Crippen molar-refractivity contribution in [1.82, 2.24) is 10.3 Å². The first-order chi connectivity index (χ1) is 9.16. The number of rotatable bonds is 3. The predicted octanol–water partition coefficient (Wildman–Crippen LogP) is 1.18. The van der Waals surface area contributed by atoms with E-state index in [0.717, 1.165) is 10.2 Å². The molecule has 6 heteroatoms. The number of aliphatic hydroxyl groups is 1. The molecule has 1 aromatic carbocycles. The Bertz CT molecular complexity index is 605. The van der Waals surface area contributed by atoms with Crippen molar-refractivity contribution in [1.29, 1.82) is 0 Å². The zero-order valence-corrected chi connectivity index (χ0v) is 11.1. The number of hydrogen-bond acceptors (Lipinski definition) is 5. The Morgan fingerprint density at radius 1 is 1.58 bits per heavy atom. The van der Waals surface area contributed by atoms with Gasteiger partial charge in [-0.1, -0.05) is 0 Å². The van der Waals surface area contributed by atoms with Crippen LogP contribution in [0.1, 0.15) is 16.8 Å². The minimum atomic E-state index is -0.926. The van der Waals surface area contributed by atoms with Crippen LogP contribution in [0, 0.1) is 0 Å². The van der Waals surface area contributed by atoms with Crippen LogP contribution in [-0.4, -0.2) is 41.4 Å². The molecule has 0 saturated carbocycles. The largest absolute Gasteiger partial charge is 0.386 e. The predicted molar refractivity (Wildman–Crippen MR) is 72.3 cm³/mol. The van der Waals surface area contributed by atoms with Gasteiger partial charge >= 0.3 is 0 Å². The van der Waals surface area contributed by atoms with E-state index >= 15 is 0 Å². The highest BCUT2D eigenvalue weighted by Gasteiger charge is 2.32.